The molecule has 0 aliphatic carbocycles. The third-order valence-corrected chi connectivity index (χ3v) is 2.52. The van der Waals surface area contributed by atoms with Crippen molar-refractivity contribution in [3.8, 4) is 11.1 Å². The highest BCUT2D eigenvalue weighted by Gasteiger charge is 2.03. The third kappa shape index (κ3) is 5.39. The molecule has 110 valence electrons. The minimum atomic E-state index is 0.474. The van der Waals surface area contributed by atoms with Crippen molar-refractivity contribution in [1.29, 1.82) is 0 Å². The second-order valence-electron chi connectivity index (χ2n) is 4.17. The molecule has 0 amide bonds. The number of nitrogen functional groups attached to an aromatic ring is 1. The summed E-state index contributed by atoms with van der Waals surface area (Å²) in [5.41, 5.74) is 9.68. The molecule has 0 saturated heterocycles. The molecule has 0 saturated carbocycles. The zero-order chi connectivity index (χ0) is 15.5. The Balaban J connectivity index is 0.000000829. The molecule has 0 aliphatic heterocycles. The first-order valence-electron chi connectivity index (χ1n) is 7.32. The Morgan fingerprint density at radius 3 is 1.80 bits per heavy atom. The number of anilines is 1. The summed E-state index contributed by atoms with van der Waals surface area (Å²) < 4.78 is 0. The van der Waals surface area contributed by atoms with E-state index in [0.717, 1.165) is 11.1 Å². The molecule has 0 fully saturated rings. The summed E-state index contributed by atoms with van der Waals surface area (Å²) in [6.45, 7) is 12.3. The maximum atomic E-state index is 5.71. The molecule has 0 aliphatic rings. The second kappa shape index (κ2) is 9.96. The largest absolute Gasteiger partial charge is 0.397 e. The van der Waals surface area contributed by atoms with Crippen molar-refractivity contribution in [2.45, 2.75) is 47.5 Å². The highest BCUT2D eigenvalue weighted by Crippen LogP contribution is 2.23. The summed E-state index contributed by atoms with van der Waals surface area (Å²) in [7, 11) is 0. The van der Waals surface area contributed by atoms with E-state index in [1.165, 1.54) is 5.56 Å². The minimum Gasteiger partial charge on any atom is -0.397 e. The molecule has 2 rings (SSSR count). The highest BCUT2D eigenvalue weighted by atomic mass is 14.7. The van der Waals surface area contributed by atoms with Crippen molar-refractivity contribution in [2.24, 2.45) is 0 Å². The zero-order valence-corrected chi connectivity index (χ0v) is 13.5. The van der Waals surface area contributed by atoms with Crippen LogP contribution in [0.25, 0.3) is 11.1 Å². The Kier molecular flexibility index (Phi) is 9.01. The van der Waals surface area contributed by atoms with Gasteiger partial charge in [0.05, 0.1) is 5.69 Å². The van der Waals surface area contributed by atoms with Crippen molar-refractivity contribution < 1.29 is 0 Å². The normalized spacial score (nSPS) is 9.15. The molecular weight excluding hydrogens is 246 g/mol. The quantitative estimate of drug-likeness (QED) is 0.846. The lowest BCUT2D eigenvalue weighted by molar-refractivity contribution is 0.859. The molecule has 0 bridgehead atoms. The molecule has 3 heteroatoms. The van der Waals surface area contributed by atoms with Gasteiger partial charge < -0.3 is 5.73 Å². The first kappa shape index (κ1) is 18.1. The average molecular weight is 273 g/mol. The molecule has 2 heterocycles. The van der Waals surface area contributed by atoms with Crippen molar-refractivity contribution in [3.05, 3.63) is 42.5 Å². The fourth-order valence-corrected chi connectivity index (χ4v) is 1.55. The summed E-state index contributed by atoms with van der Waals surface area (Å²) in [5.74, 6) is 0.474. The van der Waals surface area contributed by atoms with Gasteiger partial charge in [-0.25, -0.2) is 0 Å². The van der Waals surface area contributed by atoms with Gasteiger partial charge in [-0.15, -0.1) is 0 Å². The van der Waals surface area contributed by atoms with Gasteiger partial charge in [0.15, 0.2) is 0 Å². The lowest BCUT2D eigenvalue weighted by atomic mass is 10.0. The van der Waals surface area contributed by atoms with Crippen LogP contribution < -0.4 is 5.73 Å². The van der Waals surface area contributed by atoms with Gasteiger partial charge in [0.1, 0.15) is 0 Å². The molecule has 2 aromatic rings. The van der Waals surface area contributed by atoms with Crippen LogP contribution in [0.4, 0.5) is 5.69 Å². The molecule has 20 heavy (non-hydrogen) atoms. The van der Waals surface area contributed by atoms with Gasteiger partial charge in [0, 0.05) is 35.9 Å². The molecule has 3 nitrogen and oxygen atoms in total. The van der Waals surface area contributed by atoms with Crippen molar-refractivity contribution in [3.63, 3.8) is 0 Å². The fraction of sp³-hybridized carbons (Fsp3) is 0.412. The third-order valence-electron chi connectivity index (χ3n) is 2.52. The van der Waals surface area contributed by atoms with Crippen LogP contribution in [-0.2, 0) is 0 Å². The molecule has 0 aromatic carbocycles. The van der Waals surface area contributed by atoms with Crippen LogP contribution in [0.5, 0.6) is 0 Å². The van der Waals surface area contributed by atoms with Gasteiger partial charge in [0.25, 0.3) is 0 Å². The SMILES string of the molecule is CC.CC.CC(C)c1cncc(-c2cncc(N)c2)c1. The molecule has 2 aromatic heterocycles. The average Bonchev–Trinajstić information content (AvgIpc) is 2.51. The molecule has 2 N–H and O–H groups in total. The number of hydrogen-bond acceptors (Lipinski definition) is 3. The summed E-state index contributed by atoms with van der Waals surface area (Å²) in [6.07, 6.45) is 7.18. The predicted octanol–water partition coefficient (Wildman–Crippen LogP) is 4.90. The number of pyridine rings is 2. The van der Waals surface area contributed by atoms with Gasteiger partial charge in [-0.3, -0.25) is 9.97 Å². The van der Waals surface area contributed by atoms with E-state index < -0.39 is 0 Å². The lowest BCUT2D eigenvalue weighted by Crippen LogP contribution is -1.92. The van der Waals surface area contributed by atoms with E-state index >= 15 is 0 Å². The lowest BCUT2D eigenvalue weighted by Gasteiger charge is -2.07. The molecule has 0 radical (unpaired) electrons. The Morgan fingerprint density at radius 1 is 0.800 bits per heavy atom. The van der Waals surface area contributed by atoms with Crippen LogP contribution in [0.2, 0.25) is 0 Å². The number of nitrogens with zero attached hydrogens (tertiary/aromatic N) is 2. The van der Waals surface area contributed by atoms with Crippen LogP contribution in [0, 0.1) is 0 Å². The highest BCUT2D eigenvalue weighted by molar-refractivity contribution is 5.65. The Labute approximate surface area is 123 Å². The Hall–Kier alpha value is -1.90. The molecule has 0 unspecified atom stereocenters. The number of aromatic nitrogens is 2. The smallest absolute Gasteiger partial charge is 0.0506 e. The number of hydrogen-bond donors (Lipinski definition) is 1. The summed E-state index contributed by atoms with van der Waals surface area (Å²) >= 11 is 0. The van der Waals surface area contributed by atoms with Crippen LogP contribution in [0.1, 0.15) is 53.0 Å². The maximum absolute atomic E-state index is 5.71. The van der Waals surface area contributed by atoms with Crippen LogP contribution in [0.3, 0.4) is 0 Å². The monoisotopic (exact) mass is 273 g/mol. The van der Waals surface area contributed by atoms with Gasteiger partial charge in [-0.1, -0.05) is 41.5 Å². The van der Waals surface area contributed by atoms with E-state index in [4.69, 9.17) is 5.73 Å². The summed E-state index contributed by atoms with van der Waals surface area (Å²) in [4.78, 5) is 8.33. The zero-order valence-electron chi connectivity index (χ0n) is 13.5. The van der Waals surface area contributed by atoms with E-state index in [-0.39, 0.29) is 0 Å². The van der Waals surface area contributed by atoms with Gasteiger partial charge in [-0.2, -0.15) is 0 Å². The van der Waals surface area contributed by atoms with E-state index in [0.29, 0.717) is 11.6 Å². The molecule has 0 spiro atoms. The van der Waals surface area contributed by atoms with E-state index in [2.05, 4.69) is 29.9 Å². The predicted molar refractivity (Wildman–Crippen MR) is 88.7 cm³/mol. The van der Waals surface area contributed by atoms with E-state index in [1.54, 1.807) is 12.4 Å². The summed E-state index contributed by atoms with van der Waals surface area (Å²) in [5, 5.41) is 0. The van der Waals surface area contributed by atoms with Crippen LogP contribution in [-0.4, -0.2) is 9.97 Å². The summed E-state index contributed by atoms with van der Waals surface area (Å²) in [6, 6.07) is 4.04. The number of rotatable bonds is 2. The molecular formula is C17H27N3. The second-order valence-corrected chi connectivity index (χ2v) is 4.17. The van der Waals surface area contributed by atoms with Crippen molar-refractivity contribution in [2.75, 3.05) is 5.73 Å². The van der Waals surface area contributed by atoms with Crippen LogP contribution in [0.15, 0.2) is 36.9 Å². The number of nitrogens with two attached hydrogens (primary N) is 1. The maximum Gasteiger partial charge on any atom is 0.0506 e. The van der Waals surface area contributed by atoms with Gasteiger partial charge >= 0.3 is 0 Å². The van der Waals surface area contributed by atoms with E-state index in [9.17, 15) is 0 Å². The van der Waals surface area contributed by atoms with Crippen LogP contribution >= 0.6 is 0 Å². The first-order valence-corrected chi connectivity index (χ1v) is 7.32. The van der Waals surface area contributed by atoms with E-state index in [1.807, 2.05) is 46.2 Å². The Bertz CT molecular complexity index is 493. The standard InChI is InChI=1S/C13H15N3.2C2H6/c1-9(2)10-3-11(6-15-5-10)12-4-13(14)8-16-7-12;2*1-2/h3-9H,14H2,1-2H3;2*1-2H3. The van der Waals surface area contributed by atoms with Crippen molar-refractivity contribution >= 4 is 5.69 Å². The van der Waals surface area contributed by atoms with Gasteiger partial charge in [0.2, 0.25) is 0 Å². The first-order chi connectivity index (χ1) is 9.66. The van der Waals surface area contributed by atoms with Crippen molar-refractivity contribution in [1.82, 2.24) is 9.97 Å². The Morgan fingerprint density at radius 2 is 1.30 bits per heavy atom. The van der Waals surface area contributed by atoms with Gasteiger partial charge in [-0.05, 0) is 23.6 Å². The topological polar surface area (TPSA) is 51.8 Å². The fourth-order valence-electron chi connectivity index (χ4n) is 1.55. The minimum absolute atomic E-state index is 0.474. The molecule has 0 atom stereocenters.